The Balaban J connectivity index is 2.43. The second-order valence-corrected chi connectivity index (χ2v) is 5.09. The number of esters is 1. The van der Waals surface area contributed by atoms with Crippen LogP contribution in [0.5, 0.6) is 0 Å². The van der Waals surface area contributed by atoms with Gasteiger partial charge in [0.25, 0.3) is 0 Å². The molecule has 1 heterocycles. The number of hydrogen-bond acceptors (Lipinski definition) is 4. The molecule has 0 amide bonds. The first kappa shape index (κ1) is 14.5. The maximum absolute atomic E-state index is 12.1. The summed E-state index contributed by atoms with van der Waals surface area (Å²) in [4.78, 5) is 16.6. The van der Waals surface area contributed by atoms with Gasteiger partial charge in [-0.3, -0.25) is 0 Å². The Labute approximate surface area is 118 Å². The fourth-order valence-corrected chi connectivity index (χ4v) is 2.52. The van der Waals surface area contributed by atoms with E-state index in [0.29, 0.717) is 13.1 Å². The highest BCUT2D eigenvalue weighted by Gasteiger charge is 2.34. The lowest BCUT2D eigenvalue weighted by atomic mass is 10.0. The van der Waals surface area contributed by atoms with E-state index >= 15 is 0 Å². The molecule has 0 aliphatic heterocycles. The highest BCUT2D eigenvalue weighted by atomic mass is 16.5. The molecule has 1 N–H and O–H groups in total. The summed E-state index contributed by atoms with van der Waals surface area (Å²) in [5.41, 5.74) is 1.20. The van der Waals surface area contributed by atoms with Crippen LogP contribution in [0.2, 0.25) is 0 Å². The molecule has 20 heavy (non-hydrogen) atoms. The lowest BCUT2D eigenvalue weighted by molar-refractivity contribution is -0.148. The Morgan fingerprint density at radius 2 is 2.15 bits per heavy atom. The lowest BCUT2D eigenvalue weighted by Crippen LogP contribution is -2.53. The van der Waals surface area contributed by atoms with Crippen molar-refractivity contribution >= 4 is 17.0 Å². The zero-order valence-electron chi connectivity index (χ0n) is 12.4. The number of nitrogens with one attached hydrogen (secondary N) is 1. The first-order chi connectivity index (χ1) is 9.51. The van der Waals surface area contributed by atoms with E-state index < -0.39 is 5.54 Å². The van der Waals surface area contributed by atoms with Crippen molar-refractivity contribution in [3.8, 4) is 0 Å². The summed E-state index contributed by atoms with van der Waals surface area (Å²) >= 11 is 0. The van der Waals surface area contributed by atoms with E-state index in [-0.39, 0.29) is 5.97 Å². The van der Waals surface area contributed by atoms with Gasteiger partial charge in [-0.2, -0.15) is 0 Å². The number of methoxy groups -OCH3 is 1. The zero-order chi connectivity index (χ0) is 14.8. The quantitative estimate of drug-likeness (QED) is 0.847. The van der Waals surface area contributed by atoms with E-state index in [1.54, 1.807) is 0 Å². The molecule has 1 aromatic heterocycles. The number of carbonyl (C=O) groups is 1. The number of para-hydroxylation sites is 2. The van der Waals surface area contributed by atoms with Crippen LogP contribution in [-0.4, -0.2) is 34.7 Å². The molecule has 108 valence electrons. The van der Waals surface area contributed by atoms with Gasteiger partial charge in [0.1, 0.15) is 11.4 Å². The molecule has 0 saturated heterocycles. The molecule has 5 nitrogen and oxygen atoms in total. The first-order valence-corrected chi connectivity index (χ1v) is 6.77. The molecule has 1 atom stereocenters. The topological polar surface area (TPSA) is 56.2 Å². The molecule has 0 aliphatic rings. The Bertz CT molecular complexity index is 621. The number of imidazole rings is 1. The number of fused-ring (bicyclic) bond motifs is 1. The molecule has 0 radical (unpaired) electrons. The maximum atomic E-state index is 12.1. The van der Waals surface area contributed by atoms with Crippen LogP contribution in [0.3, 0.4) is 0 Å². The highest BCUT2D eigenvalue weighted by Crippen LogP contribution is 2.19. The Morgan fingerprint density at radius 1 is 1.45 bits per heavy atom. The third-order valence-electron chi connectivity index (χ3n) is 3.52. The van der Waals surface area contributed by atoms with Gasteiger partial charge in [-0.1, -0.05) is 19.1 Å². The van der Waals surface area contributed by atoms with Crippen LogP contribution in [0.1, 0.15) is 19.7 Å². The van der Waals surface area contributed by atoms with Gasteiger partial charge < -0.3 is 14.6 Å². The van der Waals surface area contributed by atoms with Crippen LogP contribution >= 0.6 is 0 Å². The Kier molecular flexibility index (Phi) is 4.09. The fraction of sp³-hybridized carbons (Fsp3) is 0.467. The van der Waals surface area contributed by atoms with Crippen molar-refractivity contribution in [2.45, 2.75) is 32.9 Å². The minimum atomic E-state index is -0.766. The molecule has 0 spiro atoms. The molecule has 0 saturated carbocycles. The van der Waals surface area contributed by atoms with Gasteiger partial charge in [-0.05, 0) is 32.5 Å². The van der Waals surface area contributed by atoms with Crippen LogP contribution in [0.25, 0.3) is 11.0 Å². The predicted molar refractivity (Wildman–Crippen MR) is 78.6 cm³/mol. The molecule has 0 aliphatic carbocycles. The zero-order valence-corrected chi connectivity index (χ0v) is 12.4. The van der Waals surface area contributed by atoms with Crippen LogP contribution in [0.15, 0.2) is 24.3 Å². The number of hydrogen-bond donors (Lipinski definition) is 1. The first-order valence-electron chi connectivity index (χ1n) is 6.77. The van der Waals surface area contributed by atoms with Gasteiger partial charge in [0.15, 0.2) is 0 Å². The molecule has 2 aromatic rings. The molecule has 5 heteroatoms. The monoisotopic (exact) mass is 275 g/mol. The van der Waals surface area contributed by atoms with Crippen molar-refractivity contribution in [3.05, 3.63) is 30.1 Å². The van der Waals surface area contributed by atoms with E-state index in [4.69, 9.17) is 4.74 Å². The van der Waals surface area contributed by atoms with E-state index in [2.05, 4.69) is 14.9 Å². The lowest BCUT2D eigenvalue weighted by Gasteiger charge is -2.28. The SMILES string of the molecule is CCNC(C)(Cn1c(C)nc2ccccc21)C(=O)OC. The van der Waals surface area contributed by atoms with Crippen LogP contribution < -0.4 is 5.32 Å². The van der Waals surface area contributed by atoms with Crippen molar-refractivity contribution in [2.24, 2.45) is 0 Å². The van der Waals surface area contributed by atoms with Gasteiger partial charge >= 0.3 is 5.97 Å². The Hall–Kier alpha value is -1.88. The number of carbonyl (C=O) groups excluding carboxylic acids is 1. The van der Waals surface area contributed by atoms with Crippen molar-refractivity contribution in [1.82, 2.24) is 14.9 Å². The number of aryl methyl sites for hydroxylation is 1. The number of aromatic nitrogens is 2. The van der Waals surface area contributed by atoms with Gasteiger partial charge in [-0.25, -0.2) is 9.78 Å². The van der Waals surface area contributed by atoms with Crippen molar-refractivity contribution in [2.75, 3.05) is 13.7 Å². The van der Waals surface area contributed by atoms with Gasteiger partial charge in [-0.15, -0.1) is 0 Å². The molecular formula is C15H21N3O2. The number of nitrogens with zero attached hydrogens (tertiary/aromatic N) is 2. The minimum absolute atomic E-state index is 0.267. The molecular weight excluding hydrogens is 254 g/mol. The average molecular weight is 275 g/mol. The van der Waals surface area contributed by atoms with Crippen LogP contribution in [0, 0.1) is 6.92 Å². The smallest absolute Gasteiger partial charge is 0.327 e. The largest absolute Gasteiger partial charge is 0.468 e. The normalized spacial score (nSPS) is 14.2. The van der Waals surface area contributed by atoms with Crippen molar-refractivity contribution in [3.63, 3.8) is 0 Å². The average Bonchev–Trinajstić information content (AvgIpc) is 2.74. The fourth-order valence-electron chi connectivity index (χ4n) is 2.52. The number of rotatable bonds is 5. The maximum Gasteiger partial charge on any atom is 0.327 e. The molecule has 1 unspecified atom stereocenters. The van der Waals surface area contributed by atoms with E-state index in [1.807, 2.05) is 45.0 Å². The van der Waals surface area contributed by atoms with Crippen molar-refractivity contribution in [1.29, 1.82) is 0 Å². The molecule has 0 bridgehead atoms. The minimum Gasteiger partial charge on any atom is -0.468 e. The highest BCUT2D eigenvalue weighted by molar-refractivity contribution is 5.81. The summed E-state index contributed by atoms with van der Waals surface area (Å²) < 4.78 is 6.98. The number of likely N-dealkylation sites (N-methyl/N-ethyl adjacent to an activating group) is 1. The summed E-state index contributed by atoms with van der Waals surface area (Å²) in [5, 5.41) is 3.22. The second-order valence-electron chi connectivity index (χ2n) is 5.09. The predicted octanol–water partition coefficient (Wildman–Crippen LogP) is 1.89. The summed E-state index contributed by atoms with van der Waals surface area (Å²) in [6, 6.07) is 7.92. The number of ether oxygens (including phenoxy) is 1. The number of benzene rings is 1. The van der Waals surface area contributed by atoms with Gasteiger partial charge in [0, 0.05) is 0 Å². The third kappa shape index (κ3) is 2.54. The molecule has 1 aromatic carbocycles. The summed E-state index contributed by atoms with van der Waals surface area (Å²) in [7, 11) is 1.41. The summed E-state index contributed by atoms with van der Waals surface area (Å²) in [6.45, 7) is 6.96. The molecule has 0 fully saturated rings. The van der Waals surface area contributed by atoms with Gasteiger partial charge in [0.2, 0.25) is 0 Å². The van der Waals surface area contributed by atoms with Gasteiger partial charge in [0.05, 0.1) is 24.7 Å². The molecule has 2 rings (SSSR count). The summed E-state index contributed by atoms with van der Waals surface area (Å²) in [5.74, 6) is 0.621. The summed E-state index contributed by atoms with van der Waals surface area (Å²) in [6.07, 6.45) is 0. The van der Waals surface area contributed by atoms with Crippen molar-refractivity contribution < 1.29 is 9.53 Å². The van der Waals surface area contributed by atoms with Crippen LogP contribution in [0.4, 0.5) is 0 Å². The Morgan fingerprint density at radius 3 is 2.80 bits per heavy atom. The van der Waals surface area contributed by atoms with E-state index in [0.717, 1.165) is 16.9 Å². The van der Waals surface area contributed by atoms with E-state index in [9.17, 15) is 4.79 Å². The van der Waals surface area contributed by atoms with E-state index in [1.165, 1.54) is 7.11 Å². The second kappa shape index (κ2) is 5.63. The standard InChI is InChI=1S/C15H21N3O2/c1-5-16-15(3,14(19)20-4)10-18-11(2)17-12-8-6-7-9-13(12)18/h6-9,16H,5,10H2,1-4H3. The third-order valence-corrected chi connectivity index (χ3v) is 3.52. The van der Waals surface area contributed by atoms with Crippen LogP contribution in [-0.2, 0) is 16.1 Å².